The van der Waals surface area contributed by atoms with Crippen molar-refractivity contribution in [2.75, 3.05) is 0 Å². The molecule has 0 unspecified atom stereocenters. The highest BCUT2D eigenvalue weighted by molar-refractivity contribution is 9.11. The topological polar surface area (TPSA) is 26.0 Å². The van der Waals surface area contributed by atoms with Gasteiger partial charge in [-0.05, 0) is 39.9 Å². The highest BCUT2D eigenvalue weighted by atomic mass is 79.9. The van der Waals surface area contributed by atoms with Gasteiger partial charge in [-0.3, -0.25) is 0 Å². The smallest absolute Gasteiger partial charge is 0.0701 e. The van der Waals surface area contributed by atoms with Crippen molar-refractivity contribution >= 4 is 27.3 Å². The number of nitrogens with two attached hydrogens (primary N) is 1. The van der Waals surface area contributed by atoms with Crippen LogP contribution in [0.4, 0.5) is 0 Å². The molecule has 1 aromatic heterocycles. The maximum absolute atomic E-state index is 6.08. The van der Waals surface area contributed by atoms with E-state index in [0.29, 0.717) is 5.41 Å². The van der Waals surface area contributed by atoms with Crippen molar-refractivity contribution in [1.29, 1.82) is 0 Å². The summed E-state index contributed by atoms with van der Waals surface area (Å²) in [7, 11) is 0. The normalized spacial score (nSPS) is 14.5. The number of hydrogen-bond donors (Lipinski definition) is 1. The number of thiophene rings is 1. The second kappa shape index (κ2) is 4.11. The van der Waals surface area contributed by atoms with Crippen LogP contribution in [0.25, 0.3) is 0 Å². The number of halogens is 1. The third kappa shape index (κ3) is 3.79. The Bertz CT molecular complexity index is 275. The standard InChI is InChI=1S/C10H16BrNS/c1-10(2,3)6-7(12)8-4-5-9(11)13-8/h4-5,7H,6,12H2,1-3H3/t7-/m0/s1. The van der Waals surface area contributed by atoms with Gasteiger partial charge in [0.1, 0.15) is 0 Å². The molecule has 3 heteroatoms. The summed E-state index contributed by atoms with van der Waals surface area (Å²) in [6, 6.07) is 4.34. The molecule has 0 fully saturated rings. The summed E-state index contributed by atoms with van der Waals surface area (Å²) in [6.45, 7) is 6.65. The van der Waals surface area contributed by atoms with Gasteiger partial charge in [0.15, 0.2) is 0 Å². The first kappa shape index (κ1) is 11.2. The second-order valence-corrected chi connectivity index (χ2v) is 7.01. The summed E-state index contributed by atoms with van der Waals surface area (Å²) in [4.78, 5) is 1.27. The molecule has 1 heterocycles. The van der Waals surface area contributed by atoms with E-state index in [2.05, 4.69) is 48.8 Å². The van der Waals surface area contributed by atoms with E-state index in [1.165, 1.54) is 4.88 Å². The lowest BCUT2D eigenvalue weighted by molar-refractivity contribution is 0.345. The van der Waals surface area contributed by atoms with E-state index >= 15 is 0 Å². The Morgan fingerprint density at radius 2 is 2.08 bits per heavy atom. The van der Waals surface area contributed by atoms with Gasteiger partial charge in [-0.15, -0.1) is 11.3 Å². The van der Waals surface area contributed by atoms with Crippen LogP contribution in [-0.2, 0) is 0 Å². The molecule has 1 atom stereocenters. The van der Waals surface area contributed by atoms with Crippen molar-refractivity contribution in [2.24, 2.45) is 11.1 Å². The minimum atomic E-state index is 0.177. The van der Waals surface area contributed by atoms with Gasteiger partial charge in [-0.1, -0.05) is 20.8 Å². The molecule has 0 amide bonds. The SMILES string of the molecule is CC(C)(C)C[C@H](N)c1ccc(Br)s1. The fourth-order valence-corrected chi connectivity index (χ4v) is 2.71. The number of hydrogen-bond acceptors (Lipinski definition) is 2. The third-order valence-corrected chi connectivity index (χ3v) is 3.55. The molecule has 1 nitrogen and oxygen atoms in total. The zero-order valence-corrected chi connectivity index (χ0v) is 10.7. The maximum atomic E-state index is 6.08. The summed E-state index contributed by atoms with van der Waals surface area (Å²) < 4.78 is 1.16. The first-order chi connectivity index (χ1) is 5.88. The van der Waals surface area contributed by atoms with Crippen molar-refractivity contribution in [2.45, 2.75) is 33.2 Å². The average molecular weight is 262 g/mol. The van der Waals surface area contributed by atoms with E-state index in [9.17, 15) is 0 Å². The highest BCUT2D eigenvalue weighted by Crippen LogP contribution is 2.32. The molecule has 0 radical (unpaired) electrons. The van der Waals surface area contributed by atoms with Gasteiger partial charge in [0.2, 0.25) is 0 Å². The monoisotopic (exact) mass is 261 g/mol. The average Bonchev–Trinajstić information content (AvgIpc) is 2.31. The minimum Gasteiger partial charge on any atom is -0.323 e. The molecule has 0 spiro atoms. The molecule has 1 aromatic rings. The molecule has 0 aliphatic rings. The van der Waals surface area contributed by atoms with E-state index in [1.54, 1.807) is 11.3 Å². The van der Waals surface area contributed by atoms with Gasteiger partial charge in [0.05, 0.1) is 3.79 Å². The Balaban J connectivity index is 2.64. The Morgan fingerprint density at radius 1 is 1.46 bits per heavy atom. The number of rotatable bonds is 2. The van der Waals surface area contributed by atoms with E-state index < -0.39 is 0 Å². The minimum absolute atomic E-state index is 0.177. The molecule has 0 saturated heterocycles. The van der Waals surface area contributed by atoms with Crippen LogP contribution in [0, 0.1) is 5.41 Å². The lowest BCUT2D eigenvalue weighted by Gasteiger charge is -2.22. The lowest BCUT2D eigenvalue weighted by Crippen LogP contribution is -2.17. The molecule has 1 rings (SSSR count). The maximum Gasteiger partial charge on any atom is 0.0701 e. The molecule has 74 valence electrons. The van der Waals surface area contributed by atoms with Gasteiger partial charge < -0.3 is 5.73 Å². The van der Waals surface area contributed by atoms with Gasteiger partial charge >= 0.3 is 0 Å². The molecule has 13 heavy (non-hydrogen) atoms. The quantitative estimate of drug-likeness (QED) is 0.858. The zero-order valence-electron chi connectivity index (χ0n) is 8.30. The van der Waals surface area contributed by atoms with Crippen LogP contribution in [0.1, 0.15) is 38.1 Å². The molecule has 0 bridgehead atoms. The lowest BCUT2D eigenvalue weighted by atomic mass is 9.88. The van der Waals surface area contributed by atoms with Gasteiger partial charge in [0, 0.05) is 10.9 Å². The molecule has 0 aliphatic carbocycles. The highest BCUT2D eigenvalue weighted by Gasteiger charge is 2.17. The predicted molar refractivity (Wildman–Crippen MR) is 63.0 cm³/mol. The second-order valence-electron chi connectivity index (χ2n) is 4.51. The fraction of sp³-hybridized carbons (Fsp3) is 0.600. The predicted octanol–water partition coefficient (Wildman–Crippen LogP) is 3.95. The molecule has 0 aromatic carbocycles. The van der Waals surface area contributed by atoms with Gasteiger partial charge in [0.25, 0.3) is 0 Å². The molecular weight excluding hydrogens is 246 g/mol. The van der Waals surface area contributed by atoms with E-state index in [1.807, 2.05) is 0 Å². The van der Waals surface area contributed by atoms with Crippen LogP contribution >= 0.6 is 27.3 Å². The summed E-state index contributed by atoms with van der Waals surface area (Å²) in [6.07, 6.45) is 1.03. The van der Waals surface area contributed by atoms with E-state index in [4.69, 9.17) is 5.73 Å². The van der Waals surface area contributed by atoms with Crippen molar-refractivity contribution in [3.05, 3.63) is 20.8 Å². The molecular formula is C10H16BrNS. The largest absolute Gasteiger partial charge is 0.323 e. The van der Waals surface area contributed by atoms with Crippen molar-refractivity contribution in [3.63, 3.8) is 0 Å². The molecule has 0 saturated carbocycles. The Labute approximate surface area is 92.5 Å². The Hall–Kier alpha value is 0.140. The van der Waals surface area contributed by atoms with Crippen LogP contribution < -0.4 is 5.73 Å². The van der Waals surface area contributed by atoms with Crippen LogP contribution in [0.15, 0.2) is 15.9 Å². The molecule has 2 N–H and O–H groups in total. The van der Waals surface area contributed by atoms with Gasteiger partial charge in [-0.2, -0.15) is 0 Å². The van der Waals surface area contributed by atoms with Crippen LogP contribution in [0.5, 0.6) is 0 Å². The van der Waals surface area contributed by atoms with Crippen molar-refractivity contribution in [3.8, 4) is 0 Å². The van der Waals surface area contributed by atoms with Crippen LogP contribution in [0.2, 0.25) is 0 Å². The van der Waals surface area contributed by atoms with Crippen LogP contribution in [-0.4, -0.2) is 0 Å². The summed E-state index contributed by atoms with van der Waals surface area (Å²) in [5.74, 6) is 0. The summed E-state index contributed by atoms with van der Waals surface area (Å²) in [5, 5.41) is 0. The first-order valence-corrected chi connectivity index (χ1v) is 6.00. The summed E-state index contributed by atoms with van der Waals surface area (Å²) in [5.41, 5.74) is 6.39. The van der Waals surface area contributed by atoms with E-state index in [-0.39, 0.29) is 6.04 Å². The van der Waals surface area contributed by atoms with Crippen molar-refractivity contribution in [1.82, 2.24) is 0 Å². The Kier molecular flexibility index (Phi) is 3.55. The first-order valence-electron chi connectivity index (χ1n) is 4.39. The Morgan fingerprint density at radius 3 is 2.46 bits per heavy atom. The third-order valence-electron chi connectivity index (χ3n) is 1.79. The molecule has 0 aliphatic heterocycles. The fourth-order valence-electron chi connectivity index (χ4n) is 1.29. The van der Waals surface area contributed by atoms with E-state index in [0.717, 1.165) is 10.2 Å². The zero-order chi connectivity index (χ0) is 10.1. The van der Waals surface area contributed by atoms with Gasteiger partial charge in [-0.25, -0.2) is 0 Å². The van der Waals surface area contributed by atoms with Crippen LogP contribution in [0.3, 0.4) is 0 Å². The summed E-state index contributed by atoms with van der Waals surface area (Å²) >= 11 is 5.17. The van der Waals surface area contributed by atoms with Crippen molar-refractivity contribution < 1.29 is 0 Å².